The van der Waals surface area contributed by atoms with E-state index >= 15 is 0 Å². The summed E-state index contributed by atoms with van der Waals surface area (Å²) in [6.45, 7) is 4.29. The van der Waals surface area contributed by atoms with Crippen LogP contribution in [0.3, 0.4) is 0 Å². The van der Waals surface area contributed by atoms with E-state index < -0.39 is 6.04 Å². The van der Waals surface area contributed by atoms with Crippen molar-refractivity contribution in [3.05, 3.63) is 89.6 Å². The molecule has 1 aromatic heterocycles. The zero-order valence-electron chi connectivity index (χ0n) is 21.7. The SMILES string of the molecule is CCOc1ccc(C2C(C(=O)Nc3ccccc3)=C(C)Nc3nc(-c4ccc(OC)cc4)nn32)cc1OC. The molecule has 0 radical (unpaired) electrons. The first-order valence-electron chi connectivity index (χ1n) is 12.3. The second kappa shape index (κ2) is 10.7. The van der Waals surface area contributed by atoms with E-state index in [0.29, 0.717) is 46.8 Å². The maximum Gasteiger partial charge on any atom is 0.255 e. The first-order valence-corrected chi connectivity index (χ1v) is 12.3. The molecular formula is C29H29N5O4. The van der Waals surface area contributed by atoms with E-state index in [9.17, 15) is 4.79 Å². The number of hydrogen-bond acceptors (Lipinski definition) is 7. The van der Waals surface area contributed by atoms with Crippen LogP contribution in [0.1, 0.15) is 25.5 Å². The zero-order chi connectivity index (χ0) is 26.6. The molecule has 1 aliphatic rings. The predicted molar refractivity (Wildman–Crippen MR) is 146 cm³/mol. The Balaban J connectivity index is 1.61. The number of nitrogens with zero attached hydrogens (tertiary/aromatic N) is 3. The van der Waals surface area contributed by atoms with Gasteiger partial charge < -0.3 is 24.8 Å². The Morgan fingerprint density at radius 3 is 2.45 bits per heavy atom. The lowest BCUT2D eigenvalue weighted by Crippen LogP contribution is -2.31. The molecule has 9 nitrogen and oxygen atoms in total. The van der Waals surface area contributed by atoms with Crippen molar-refractivity contribution in [2.75, 3.05) is 31.5 Å². The van der Waals surface area contributed by atoms with E-state index in [1.807, 2.05) is 86.6 Å². The van der Waals surface area contributed by atoms with Crippen molar-refractivity contribution in [2.45, 2.75) is 19.9 Å². The van der Waals surface area contributed by atoms with Gasteiger partial charge in [0, 0.05) is 16.9 Å². The highest BCUT2D eigenvalue weighted by Crippen LogP contribution is 2.40. The van der Waals surface area contributed by atoms with E-state index in [0.717, 1.165) is 16.9 Å². The van der Waals surface area contributed by atoms with Gasteiger partial charge >= 0.3 is 0 Å². The number of anilines is 2. The Labute approximate surface area is 221 Å². The molecule has 1 amide bonds. The van der Waals surface area contributed by atoms with Crippen LogP contribution in [-0.4, -0.2) is 41.5 Å². The Kier molecular flexibility index (Phi) is 6.99. The third-order valence-electron chi connectivity index (χ3n) is 6.28. The Hall–Kier alpha value is -4.79. The molecule has 0 aliphatic carbocycles. The first-order chi connectivity index (χ1) is 18.5. The van der Waals surface area contributed by atoms with Gasteiger partial charge in [-0.1, -0.05) is 24.3 Å². The summed E-state index contributed by atoms with van der Waals surface area (Å²) in [7, 11) is 3.22. The summed E-state index contributed by atoms with van der Waals surface area (Å²) in [5.74, 6) is 2.75. The molecule has 2 heterocycles. The fourth-order valence-electron chi connectivity index (χ4n) is 4.46. The highest BCUT2D eigenvalue weighted by atomic mass is 16.5. The molecule has 1 unspecified atom stereocenters. The third-order valence-corrected chi connectivity index (χ3v) is 6.28. The van der Waals surface area contributed by atoms with E-state index in [2.05, 4.69) is 10.6 Å². The van der Waals surface area contributed by atoms with Crippen LogP contribution < -0.4 is 24.8 Å². The van der Waals surface area contributed by atoms with E-state index in [1.165, 1.54) is 0 Å². The van der Waals surface area contributed by atoms with Crippen molar-refractivity contribution in [3.8, 4) is 28.6 Å². The van der Waals surface area contributed by atoms with Crippen LogP contribution in [0.25, 0.3) is 11.4 Å². The van der Waals surface area contributed by atoms with Crippen molar-refractivity contribution >= 4 is 17.5 Å². The second-order valence-electron chi connectivity index (χ2n) is 8.66. The fraction of sp³-hybridized carbons (Fsp3) is 0.207. The van der Waals surface area contributed by atoms with E-state index in [-0.39, 0.29) is 5.91 Å². The molecule has 0 fully saturated rings. The number of ether oxygens (including phenoxy) is 3. The average Bonchev–Trinajstić information content (AvgIpc) is 3.37. The number of hydrogen-bond donors (Lipinski definition) is 2. The molecule has 5 rings (SSSR count). The number of benzene rings is 3. The summed E-state index contributed by atoms with van der Waals surface area (Å²) in [6.07, 6.45) is 0. The quantitative estimate of drug-likeness (QED) is 0.332. The van der Waals surface area contributed by atoms with Crippen LogP contribution in [0.4, 0.5) is 11.6 Å². The van der Waals surface area contributed by atoms with Gasteiger partial charge in [0.05, 0.1) is 26.4 Å². The maximum absolute atomic E-state index is 13.7. The molecular weight excluding hydrogens is 482 g/mol. The molecule has 3 aromatic carbocycles. The summed E-state index contributed by atoms with van der Waals surface area (Å²) in [5.41, 5.74) is 3.52. The molecule has 38 heavy (non-hydrogen) atoms. The number of nitrogens with one attached hydrogen (secondary N) is 2. The minimum Gasteiger partial charge on any atom is -0.497 e. The van der Waals surface area contributed by atoms with E-state index in [1.54, 1.807) is 18.9 Å². The van der Waals surface area contributed by atoms with Crippen LogP contribution in [0.5, 0.6) is 17.2 Å². The molecule has 0 saturated carbocycles. The van der Waals surface area contributed by atoms with Crippen LogP contribution in [-0.2, 0) is 4.79 Å². The van der Waals surface area contributed by atoms with Gasteiger partial charge in [-0.05, 0) is 67.9 Å². The standard InChI is InChI=1S/C29H29N5O4/c1-5-38-23-16-13-20(17-24(23)37-4)26-25(28(35)31-21-9-7-6-8-10-21)18(2)30-29-32-27(33-34(26)29)19-11-14-22(36-3)15-12-19/h6-17,26H,5H2,1-4H3,(H,31,35)(H,30,32,33). The van der Waals surface area contributed by atoms with Crippen LogP contribution in [0.15, 0.2) is 84.1 Å². The van der Waals surface area contributed by atoms with Crippen LogP contribution >= 0.6 is 0 Å². The molecule has 0 bridgehead atoms. The van der Waals surface area contributed by atoms with Gasteiger partial charge in [0.2, 0.25) is 5.95 Å². The van der Waals surface area contributed by atoms with Crippen molar-refractivity contribution in [3.63, 3.8) is 0 Å². The highest BCUT2D eigenvalue weighted by Gasteiger charge is 2.35. The molecule has 1 aliphatic heterocycles. The number of rotatable bonds is 8. The van der Waals surface area contributed by atoms with Crippen molar-refractivity contribution in [1.29, 1.82) is 0 Å². The number of methoxy groups -OCH3 is 2. The lowest BCUT2D eigenvalue weighted by atomic mass is 9.94. The largest absolute Gasteiger partial charge is 0.497 e. The number of fused-ring (bicyclic) bond motifs is 1. The molecule has 4 aromatic rings. The summed E-state index contributed by atoms with van der Waals surface area (Å²) in [4.78, 5) is 18.5. The zero-order valence-corrected chi connectivity index (χ0v) is 21.7. The van der Waals surface area contributed by atoms with Crippen molar-refractivity contribution < 1.29 is 19.0 Å². The number of aromatic nitrogens is 3. The third kappa shape index (κ3) is 4.78. The van der Waals surface area contributed by atoms with Gasteiger partial charge in [0.1, 0.15) is 11.8 Å². The van der Waals surface area contributed by atoms with Gasteiger partial charge in [-0.15, -0.1) is 5.10 Å². The molecule has 0 spiro atoms. The summed E-state index contributed by atoms with van der Waals surface area (Å²) < 4.78 is 18.4. The smallest absolute Gasteiger partial charge is 0.255 e. The lowest BCUT2D eigenvalue weighted by Gasteiger charge is -2.29. The van der Waals surface area contributed by atoms with Crippen LogP contribution in [0.2, 0.25) is 0 Å². The lowest BCUT2D eigenvalue weighted by molar-refractivity contribution is -0.113. The van der Waals surface area contributed by atoms with Crippen molar-refractivity contribution in [1.82, 2.24) is 14.8 Å². The van der Waals surface area contributed by atoms with Gasteiger partial charge in [0.25, 0.3) is 5.91 Å². The number of amides is 1. The van der Waals surface area contributed by atoms with Gasteiger partial charge in [-0.25, -0.2) is 4.68 Å². The Bertz CT molecular complexity index is 1480. The minimum atomic E-state index is -0.570. The first kappa shape index (κ1) is 24.9. The normalized spacial score (nSPS) is 14.4. The Morgan fingerprint density at radius 1 is 1.00 bits per heavy atom. The minimum absolute atomic E-state index is 0.244. The number of allylic oxidation sites excluding steroid dienone is 1. The van der Waals surface area contributed by atoms with Crippen LogP contribution in [0, 0.1) is 0 Å². The number of carbonyl (C=O) groups is 1. The molecule has 1 atom stereocenters. The van der Waals surface area contributed by atoms with Crippen molar-refractivity contribution in [2.24, 2.45) is 0 Å². The van der Waals surface area contributed by atoms with Gasteiger partial charge in [0.15, 0.2) is 17.3 Å². The molecule has 9 heteroatoms. The van der Waals surface area contributed by atoms with E-state index in [4.69, 9.17) is 24.3 Å². The fourth-order valence-corrected chi connectivity index (χ4v) is 4.46. The number of carbonyl (C=O) groups excluding carboxylic acids is 1. The summed E-state index contributed by atoms with van der Waals surface area (Å²) in [5, 5.41) is 11.1. The second-order valence-corrected chi connectivity index (χ2v) is 8.66. The average molecular weight is 512 g/mol. The predicted octanol–water partition coefficient (Wildman–Crippen LogP) is 5.29. The van der Waals surface area contributed by atoms with Gasteiger partial charge in [-0.2, -0.15) is 4.98 Å². The van der Waals surface area contributed by atoms with Gasteiger partial charge in [-0.3, -0.25) is 4.79 Å². The Morgan fingerprint density at radius 2 is 1.76 bits per heavy atom. The summed E-state index contributed by atoms with van der Waals surface area (Å²) in [6, 6.07) is 22.0. The monoisotopic (exact) mass is 511 g/mol. The molecule has 0 saturated heterocycles. The maximum atomic E-state index is 13.7. The summed E-state index contributed by atoms with van der Waals surface area (Å²) >= 11 is 0. The highest BCUT2D eigenvalue weighted by molar-refractivity contribution is 6.06. The topological polar surface area (TPSA) is 99.5 Å². The molecule has 2 N–H and O–H groups in total. The molecule has 194 valence electrons. The number of para-hydroxylation sites is 1.